The van der Waals surface area contributed by atoms with Gasteiger partial charge in [0.15, 0.2) is 0 Å². The van der Waals surface area contributed by atoms with Crippen LogP contribution in [0.25, 0.3) is 0 Å². The first-order valence-electron chi connectivity index (χ1n) is 5.03. The number of hydrogen-bond donors (Lipinski definition) is 0. The zero-order chi connectivity index (χ0) is 8.89. The van der Waals surface area contributed by atoms with Crippen molar-refractivity contribution in [2.45, 2.75) is 38.2 Å². The van der Waals surface area contributed by atoms with Crippen LogP contribution in [0.3, 0.4) is 0 Å². The van der Waals surface area contributed by atoms with Gasteiger partial charge in [0, 0.05) is 4.88 Å². The SMILES string of the molecule is CC1(c2csc3c2CCCC3)CO1. The van der Waals surface area contributed by atoms with Crippen molar-refractivity contribution in [3.05, 3.63) is 21.4 Å². The molecule has 1 aliphatic carbocycles. The molecule has 1 aromatic heterocycles. The molecule has 0 amide bonds. The van der Waals surface area contributed by atoms with E-state index in [9.17, 15) is 0 Å². The van der Waals surface area contributed by atoms with Gasteiger partial charge in [0.2, 0.25) is 0 Å². The predicted octanol–water partition coefficient (Wildman–Crippen LogP) is 2.87. The van der Waals surface area contributed by atoms with Crippen molar-refractivity contribution in [1.82, 2.24) is 0 Å². The Labute approximate surface area is 82.7 Å². The van der Waals surface area contributed by atoms with E-state index in [1.165, 1.54) is 31.2 Å². The summed E-state index contributed by atoms with van der Waals surface area (Å²) in [6, 6.07) is 0. The molecule has 13 heavy (non-hydrogen) atoms. The van der Waals surface area contributed by atoms with Gasteiger partial charge in [-0.1, -0.05) is 0 Å². The molecule has 0 radical (unpaired) electrons. The fourth-order valence-corrected chi connectivity index (χ4v) is 3.47. The van der Waals surface area contributed by atoms with E-state index in [4.69, 9.17) is 4.74 Å². The van der Waals surface area contributed by atoms with Crippen molar-refractivity contribution >= 4 is 11.3 Å². The summed E-state index contributed by atoms with van der Waals surface area (Å²) in [6.07, 6.45) is 5.33. The minimum absolute atomic E-state index is 0.0986. The lowest BCUT2D eigenvalue weighted by atomic mass is 9.91. The van der Waals surface area contributed by atoms with E-state index in [1.807, 2.05) is 11.3 Å². The average Bonchev–Trinajstić information content (AvgIpc) is 2.76. The van der Waals surface area contributed by atoms with Gasteiger partial charge in [-0.25, -0.2) is 0 Å². The van der Waals surface area contributed by atoms with Gasteiger partial charge in [-0.05, 0) is 49.1 Å². The summed E-state index contributed by atoms with van der Waals surface area (Å²) < 4.78 is 5.51. The van der Waals surface area contributed by atoms with Crippen molar-refractivity contribution in [2.24, 2.45) is 0 Å². The van der Waals surface area contributed by atoms with E-state index in [2.05, 4.69) is 12.3 Å². The summed E-state index contributed by atoms with van der Waals surface area (Å²) in [5.41, 5.74) is 3.21. The summed E-state index contributed by atoms with van der Waals surface area (Å²) in [7, 11) is 0. The van der Waals surface area contributed by atoms with E-state index in [1.54, 1.807) is 10.4 Å². The first-order chi connectivity index (χ1) is 6.30. The zero-order valence-corrected chi connectivity index (χ0v) is 8.75. The molecule has 0 aromatic carbocycles. The van der Waals surface area contributed by atoms with E-state index < -0.39 is 0 Å². The van der Waals surface area contributed by atoms with E-state index in [0.717, 1.165) is 6.61 Å². The third-order valence-electron chi connectivity index (χ3n) is 3.21. The number of epoxide rings is 1. The van der Waals surface area contributed by atoms with Crippen molar-refractivity contribution in [3.63, 3.8) is 0 Å². The highest BCUT2D eigenvalue weighted by Gasteiger charge is 2.43. The fourth-order valence-electron chi connectivity index (χ4n) is 2.20. The van der Waals surface area contributed by atoms with Crippen LogP contribution in [0.4, 0.5) is 0 Å². The molecular weight excluding hydrogens is 180 g/mol. The Bertz CT molecular complexity index is 336. The van der Waals surface area contributed by atoms with Crippen molar-refractivity contribution in [1.29, 1.82) is 0 Å². The van der Waals surface area contributed by atoms with Crippen LogP contribution in [0.5, 0.6) is 0 Å². The Morgan fingerprint density at radius 3 is 2.92 bits per heavy atom. The topological polar surface area (TPSA) is 12.5 Å². The van der Waals surface area contributed by atoms with Crippen LogP contribution in [-0.2, 0) is 23.2 Å². The van der Waals surface area contributed by atoms with Crippen LogP contribution in [0.15, 0.2) is 5.38 Å². The van der Waals surface area contributed by atoms with E-state index in [0.29, 0.717) is 0 Å². The van der Waals surface area contributed by atoms with Crippen molar-refractivity contribution in [3.8, 4) is 0 Å². The third-order valence-corrected chi connectivity index (χ3v) is 4.30. The maximum absolute atomic E-state index is 5.51. The molecule has 2 heterocycles. The molecule has 1 aromatic rings. The Hall–Kier alpha value is -0.340. The van der Waals surface area contributed by atoms with Crippen LogP contribution in [0.2, 0.25) is 0 Å². The molecule has 0 spiro atoms. The number of rotatable bonds is 1. The van der Waals surface area contributed by atoms with Crippen LogP contribution < -0.4 is 0 Å². The molecule has 1 saturated heterocycles. The highest BCUT2D eigenvalue weighted by molar-refractivity contribution is 7.10. The number of hydrogen-bond acceptors (Lipinski definition) is 2. The van der Waals surface area contributed by atoms with Gasteiger partial charge in [0.25, 0.3) is 0 Å². The standard InChI is InChI=1S/C11H14OS/c1-11(7-12-11)9-6-13-10-5-3-2-4-8(9)10/h6H,2-5,7H2,1H3. The van der Waals surface area contributed by atoms with Crippen LogP contribution in [0, 0.1) is 0 Å². The third kappa shape index (κ3) is 1.16. The zero-order valence-electron chi connectivity index (χ0n) is 7.93. The Balaban J connectivity index is 2.06. The summed E-state index contributed by atoms with van der Waals surface area (Å²) >= 11 is 1.94. The smallest absolute Gasteiger partial charge is 0.115 e. The maximum Gasteiger partial charge on any atom is 0.115 e. The van der Waals surface area contributed by atoms with Gasteiger partial charge in [0.1, 0.15) is 5.60 Å². The number of ether oxygens (including phenoxy) is 1. The molecule has 70 valence electrons. The molecule has 1 atom stereocenters. The lowest BCUT2D eigenvalue weighted by Crippen LogP contribution is -2.08. The largest absolute Gasteiger partial charge is 0.365 e. The van der Waals surface area contributed by atoms with Gasteiger partial charge in [-0.2, -0.15) is 0 Å². The molecule has 2 heteroatoms. The summed E-state index contributed by atoms with van der Waals surface area (Å²) in [4.78, 5) is 1.62. The molecule has 3 rings (SSSR count). The molecule has 1 nitrogen and oxygen atoms in total. The van der Waals surface area contributed by atoms with E-state index >= 15 is 0 Å². The van der Waals surface area contributed by atoms with Crippen molar-refractivity contribution < 1.29 is 4.74 Å². The second-order valence-electron chi connectivity index (χ2n) is 4.28. The molecule has 1 fully saturated rings. The number of aryl methyl sites for hydroxylation is 1. The fraction of sp³-hybridized carbons (Fsp3) is 0.636. The molecule has 0 saturated carbocycles. The van der Waals surface area contributed by atoms with Crippen LogP contribution >= 0.6 is 11.3 Å². The van der Waals surface area contributed by atoms with Crippen LogP contribution in [-0.4, -0.2) is 6.61 Å². The Morgan fingerprint density at radius 1 is 1.38 bits per heavy atom. The Morgan fingerprint density at radius 2 is 2.15 bits per heavy atom. The predicted molar refractivity (Wildman–Crippen MR) is 54.3 cm³/mol. The van der Waals surface area contributed by atoms with E-state index in [-0.39, 0.29) is 5.60 Å². The minimum Gasteiger partial charge on any atom is -0.365 e. The lowest BCUT2D eigenvalue weighted by Gasteiger charge is -2.14. The second-order valence-corrected chi connectivity index (χ2v) is 5.24. The minimum atomic E-state index is 0.0986. The summed E-state index contributed by atoms with van der Waals surface area (Å²) in [6.45, 7) is 3.14. The van der Waals surface area contributed by atoms with Gasteiger partial charge in [-0.3, -0.25) is 0 Å². The molecule has 1 aliphatic heterocycles. The molecule has 0 bridgehead atoms. The first kappa shape index (κ1) is 8.01. The highest BCUT2D eigenvalue weighted by Crippen LogP contribution is 2.44. The van der Waals surface area contributed by atoms with Gasteiger partial charge >= 0.3 is 0 Å². The highest BCUT2D eigenvalue weighted by atomic mass is 32.1. The van der Waals surface area contributed by atoms with Gasteiger partial charge in [0.05, 0.1) is 6.61 Å². The molecule has 1 unspecified atom stereocenters. The maximum atomic E-state index is 5.51. The van der Waals surface area contributed by atoms with Gasteiger partial charge < -0.3 is 4.74 Å². The molecular formula is C11H14OS. The first-order valence-corrected chi connectivity index (χ1v) is 5.91. The number of thiophene rings is 1. The summed E-state index contributed by atoms with van der Waals surface area (Å²) in [5, 5.41) is 2.32. The molecule has 2 aliphatic rings. The number of fused-ring (bicyclic) bond motifs is 1. The summed E-state index contributed by atoms with van der Waals surface area (Å²) in [5.74, 6) is 0. The average molecular weight is 194 g/mol. The molecule has 0 N–H and O–H groups in total. The second kappa shape index (κ2) is 2.58. The Kier molecular flexibility index (Phi) is 1.59. The van der Waals surface area contributed by atoms with Crippen LogP contribution in [0.1, 0.15) is 35.8 Å². The lowest BCUT2D eigenvalue weighted by molar-refractivity contribution is 0.328. The van der Waals surface area contributed by atoms with Gasteiger partial charge in [-0.15, -0.1) is 11.3 Å². The quantitative estimate of drug-likeness (QED) is 0.626. The monoisotopic (exact) mass is 194 g/mol. The van der Waals surface area contributed by atoms with Crippen molar-refractivity contribution in [2.75, 3.05) is 6.61 Å². The normalized spacial score (nSPS) is 31.5.